The van der Waals surface area contributed by atoms with Crippen molar-refractivity contribution in [1.82, 2.24) is 18.8 Å². The average molecular weight is 481 g/mol. The number of benzene rings is 2. The number of imidazole rings is 1. The number of hydrogen-bond donors (Lipinski definition) is 1. The van der Waals surface area contributed by atoms with Gasteiger partial charge in [-0.05, 0) is 48.6 Å². The summed E-state index contributed by atoms with van der Waals surface area (Å²) in [6, 6.07) is 16.9. The maximum absolute atomic E-state index is 13.4. The number of hydrogen-bond acceptors (Lipinski definition) is 5. The zero-order valence-corrected chi connectivity index (χ0v) is 20.5. The van der Waals surface area contributed by atoms with Gasteiger partial charge < -0.3 is 9.67 Å². The molecule has 34 heavy (non-hydrogen) atoms. The van der Waals surface area contributed by atoms with Gasteiger partial charge in [-0.25, -0.2) is 13.4 Å². The molecule has 3 atom stereocenters. The summed E-state index contributed by atoms with van der Waals surface area (Å²) in [5.41, 5.74) is 4.75. The molecule has 0 saturated carbocycles. The van der Waals surface area contributed by atoms with Crippen LogP contribution >= 0.6 is 0 Å². The van der Waals surface area contributed by atoms with Crippen LogP contribution in [-0.4, -0.2) is 70.6 Å². The standard InChI is InChI=1S/C26H32N4O3S/c1-19-7-3-4-8-22(19)20-9-11-21(12-10-20)26-23-15-29(13-5-6-14-30(23)24(26)17-31)34(32,33)25-16-28(2)18-27-25/h3-4,7-12,16,18,23-24,26,31H,5-6,13-15,17H2,1-2H3/t23-,24-,26-/m1/s1. The Morgan fingerprint density at radius 3 is 2.47 bits per heavy atom. The van der Waals surface area contributed by atoms with Gasteiger partial charge in [0.25, 0.3) is 10.0 Å². The minimum atomic E-state index is -3.67. The second kappa shape index (κ2) is 9.26. The molecule has 0 bridgehead atoms. The van der Waals surface area contributed by atoms with Crippen molar-refractivity contribution in [3.05, 3.63) is 72.2 Å². The average Bonchev–Trinajstić information content (AvgIpc) is 3.26. The number of aryl methyl sites for hydroxylation is 2. The fraction of sp³-hybridized carbons (Fsp3) is 0.423. The summed E-state index contributed by atoms with van der Waals surface area (Å²) in [4.78, 5) is 6.40. The van der Waals surface area contributed by atoms with E-state index in [-0.39, 0.29) is 29.6 Å². The molecule has 0 amide bonds. The molecule has 3 aromatic rings. The molecule has 0 unspecified atom stereocenters. The van der Waals surface area contributed by atoms with Crippen LogP contribution < -0.4 is 0 Å². The number of aliphatic hydroxyl groups excluding tert-OH is 1. The number of aliphatic hydroxyl groups is 1. The smallest absolute Gasteiger partial charge is 0.262 e. The van der Waals surface area contributed by atoms with Gasteiger partial charge in [0.05, 0.1) is 12.9 Å². The quantitative estimate of drug-likeness (QED) is 0.607. The van der Waals surface area contributed by atoms with Gasteiger partial charge in [0.15, 0.2) is 5.03 Å². The molecule has 8 heteroatoms. The zero-order chi connectivity index (χ0) is 23.9. The fourth-order valence-electron chi connectivity index (χ4n) is 5.56. The van der Waals surface area contributed by atoms with Crippen molar-refractivity contribution in [2.75, 3.05) is 26.2 Å². The summed E-state index contributed by atoms with van der Waals surface area (Å²) in [5.74, 6) is 0.0791. The Labute approximate surface area is 201 Å². The Kier molecular flexibility index (Phi) is 6.33. The van der Waals surface area contributed by atoms with E-state index in [9.17, 15) is 13.5 Å². The van der Waals surface area contributed by atoms with E-state index >= 15 is 0 Å². The molecule has 2 fully saturated rings. The van der Waals surface area contributed by atoms with E-state index in [1.54, 1.807) is 22.1 Å². The Bertz CT molecular complexity index is 1260. The summed E-state index contributed by atoms with van der Waals surface area (Å²) in [7, 11) is -1.89. The van der Waals surface area contributed by atoms with Crippen molar-refractivity contribution in [1.29, 1.82) is 0 Å². The van der Waals surface area contributed by atoms with Crippen molar-refractivity contribution in [3.63, 3.8) is 0 Å². The van der Waals surface area contributed by atoms with Crippen molar-refractivity contribution in [2.45, 2.75) is 42.8 Å². The normalized spacial score (nSPS) is 24.1. The van der Waals surface area contributed by atoms with Crippen molar-refractivity contribution in [2.24, 2.45) is 7.05 Å². The maximum atomic E-state index is 13.4. The molecule has 0 radical (unpaired) electrons. The van der Waals surface area contributed by atoms with E-state index < -0.39 is 10.0 Å². The van der Waals surface area contributed by atoms with Crippen LogP contribution in [0.15, 0.2) is 66.1 Å². The molecule has 1 aromatic heterocycles. The topological polar surface area (TPSA) is 78.7 Å². The number of sulfonamides is 1. The number of fused-ring (bicyclic) bond motifs is 1. The highest BCUT2D eigenvalue weighted by atomic mass is 32.2. The SMILES string of the molecule is Cc1ccccc1-c1ccc([C@H]2[C@@H](CO)N3CCCCN(S(=O)(=O)c4cn(C)cn4)C[C@H]23)cc1. The first kappa shape index (κ1) is 23.2. The lowest BCUT2D eigenvalue weighted by Gasteiger charge is -2.57. The van der Waals surface area contributed by atoms with Gasteiger partial charge in [-0.3, -0.25) is 4.90 Å². The third kappa shape index (κ3) is 4.09. The first-order chi connectivity index (χ1) is 16.4. The number of nitrogens with zero attached hydrogens (tertiary/aromatic N) is 4. The van der Waals surface area contributed by atoms with Crippen LogP contribution in [0, 0.1) is 6.92 Å². The number of aromatic nitrogens is 2. The van der Waals surface area contributed by atoms with Gasteiger partial charge in [0.1, 0.15) is 0 Å². The lowest BCUT2D eigenvalue weighted by molar-refractivity contribution is -0.0554. The van der Waals surface area contributed by atoms with E-state index in [4.69, 9.17) is 0 Å². The molecule has 180 valence electrons. The van der Waals surface area contributed by atoms with Gasteiger partial charge >= 0.3 is 0 Å². The summed E-state index contributed by atoms with van der Waals surface area (Å²) in [5, 5.41) is 10.3. The number of rotatable bonds is 5. The van der Waals surface area contributed by atoms with Crippen LogP contribution in [-0.2, 0) is 17.1 Å². The van der Waals surface area contributed by atoms with Crippen molar-refractivity contribution >= 4 is 10.0 Å². The molecule has 1 N–H and O–H groups in total. The second-order valence-corrected chi connectivity index (χ2v) is 11.4. The third-order valence-corrected chi connectivity index (χ3v) is 9.12. The molecule has 3 heterocycles. The third-order valence-electron chi connectivity index (χ3n) is 7.37. The summed E-state index contributed by atoms with van der Waals surface area (Å²) in [6.45, 7) is 3.95. The Morgan fingerprint density at radius 1 is 1.06 bits per heavy atom. The monoisotopic (exact) mass is 480 g/mol. The highest BCUT2D eigenvalue weighted by molar-refractivity contribution is 7.89. The molecule has 2 saturated heterocycles. The second-order valence-electron chi connectivity index (χ2n) is 9.47. The lowest BCUT2D eigenvalue weighted by atomic mass is 9.74. The molecule has 7 nitrogen and oxygen atoms in total. The molecule has 5 rings (SSSR count). The lowest BCUT2D eigenvalue weighted by Crippen LogP contribution is -2.67. The van der Waals surface area contributed by atoms with E-state index in [0.717, 1.165) is 30.5 Å². The molecular weight excluding hydrogens is 448 g/mol. The largest absolute Gasteiger partial charge is 0.395 e. The zero-order valence-electron chi connectivity index (χ0n) is 19.7. The summed E-state index contributed by atoms with van der Waals surface area (Å²) in [6.07, 6.45) is 4.78. The van der Waals surface area contributed by atoms with Crippen LogP contribution in [0.4, 0.5) is 0 Å². The van der Waals surface area contributed by atoms with Gasteiger partial charge in [0.2, 0.25) is 0 Å². The van der Waals surface area contributed by atoms with Crippen LogP contribution in [0.2, 0.25) is 0 Å². The van der Waals surface area contributed by atoms with Crippen LogP contribution in [0.1, 0.15) is 29.9 Å². The minimum absolute atomic E-state index is 0.00631. The van der Waals surface area contributed by atoms with E-state index in [0.29, 0.717) is 13.1 Å². The highest BCUT2D eigenvalue weighted by Gasteiger charge is 2.50. The van der Waals surface area contributed by atoms with Gasteiger partial charge in [0, 0.05) is 44.3 Å². The maximum Gasteiger partial charge on any atom is 0.262 e. The Hall–Kier alpha value is -2.52. The Balaban J connectivity index is 1.43. The van der Waals surface area contributed by atoms with Crippen molar-refractivity contribution < 1.29 is 13.5 Å². The molecule has 2 aliphatic heterocycles. The van der Waals surface area contributed by atoms with E-state index in [1.807, 2.05) is 12.1 Å². The predicted octanol–water partition coefficient (Wildman–Crippen LogP) is 3.01. The Morgan fingerprint density at radius 2 is 1.79 bits per heavy atom. The first-order valence-electron chi connectivity index (χ1n) is 11.9. The molecule has 2 aliphatic rings. The van der Waals surface area contributed by atoms with Gasteiger partial charge in [-0.2, -0.15) is 4.31 Å². The minimum Gasteiger partial charge on any atom is -0.395 e. The van der Waals surface area contributed by atoms with Gasteiger partial charge in [-0.15, -0.1) is 0 Å². The molecule has 2 aromatic carbocycles. The van der Waals surface area contributed by atoms with E-state index in [1.165, 1.54) is 17.5 Å². The van der Waals surface area contributed by atoms with E-state index in [2.05, 4.69) is 53.2 Å². The van der Waals surface area contributed by atoms with Gasteiger partial charge in [-0.1, -0.05) is 48.5 Å². The molecule has 0 spiro atoms. The first-order valence-corrected chi connectivity index (χ1v) is 13.3. The fourth-order valence-corrected chi connectivity index (χ4v) is 7.03. The van der Waals surface area contributed by atoms with Crippen LogP contribution in [0.5, 0.6) is 0 Å². The van der Waals surface area contributed by atoms with Crippen molar-refractivity contribution in [3.8, 4) is 11.1 Å². The van der Waals surface area contributed by atoms with Crippen LogP contribution in [0.3, 0.4) is 0 Å². The highest BCUT2D eigenvalue weighted by Crippen LogP contribution is 2.43. The predicted molar refractivity (Wildman–Crippen MR) is 132 cm³/mol. The summed E-state index contributed by atoms with van der Waals surface area (Å²) < 4.78 is 30.0. The summed E-state index contributed by atoms with van der Waals surface area (Å²) >= 11 is 0. The van der Waals surface area contributed by atoms with Crippen LogP contribution in [0.25, 0.3) is 11.1 Å². The molecular formula is C26H32N4O3S. The molecule has 0 aliphatic carbocycles.